The number of benzene rings is 3. The number of nitrogens with one attached hydrogen (secondary N) is 1. The molecule has 0 bridgehead atoms. The van der Waals surface area contributed by atoms with Crippen molar-refractivity contribution in [2.75, 3.05) is 37.2 Å². The molecule has 0 heterocycles. The van der Waals surface area contributed by atoms with Crippen LogP contribution in [0.5, 0.6) is 17.2 Å². The molecule has 0 atom stereocenters. The summed E-state index contributed by atoms with van der Waals surface area (Å²) in [6.45, 7) is -0.124. The zero-order valence-corrected chi connectivity index (χ0v) is 20.0. The van der Waals surface area contributed by atoms with Crippen LogP contribution in [-0.4, -0.2) is 41.9 Å². The summed E-state index contributed by atoms with van der Waals surface area (Å²) >= 11 is 0. The highest BCUT2D eigenvalue weighted by atomic mass is 32.2. The predicted octanol–water partition coefficient (Wildman–Crippen LogP) is 4.07. The molecule has 0 aromatic heterocycles. The molecule has 34 heavy (non-hydrogen) atoms. The molecule has 1 N–H and O–H groups in total. The molecular formula is C24H25FN2O6S. The molecule has 0 aliphatic carbocycles. The Morgan fingerprint density at radius 3 is 2.18 bits per heavy atom. The van der Waals surface area contributed by atoms with Crippen molar-refractivity contribution in [3.05, 3.63) is 77.6 Å². The van der Waals surface area contributed by atoms with Crippen molar-refractivity contribution in [3.8, 4) is 17.2 Å². The van der Waals surface area contributed by atoms with E-state index < -0.39 is 21.7 Å². The van der Waals surface area contributed by atoms with E-state index >= 15 is 0 Å². The fourth-order valence-corrected chi connectivity index (χ4v) is 4.18. The van der Waals surface area contributed by atoms with Gasteiger partial charge in [0.05, 0.1) is 45.5 Å². The molecule has 0 fully saturated rings. The molecule has 0 unspecified atom stereocenters. The van der Waals surface area contributed by atoms with Gasteiger partial charge in [0, 0.05) is 17.2 Å². The summed E-state index contributed by atoms with van der Waals surface area (Å²) in [6, 6.07) is 14.8. The number of carbonyl (C=O) groups excluding carboxylic acids is 1. The highest BCUT2D eigenvalue weighted by Gasteiger charge is 2.21. The van der Waals surface area contributed by atoms with E-state index in [9.17, 15) is 17.6 Å². The average molecular weight is 489 g/mol. The first-order chi connectivity index (χ1) is 16.2. The van der Waals surface area contributed by atoms with Crippen molar-refractivity contribution in [1.29, 1.82) is 0 Å². The van der Waals surface area contributed by atoms with Crippen molar-refractivity contribution < 1.29 is 31.8 Å². The number of anilines is 2. The maximum atomic E-state index is 13.4. The number of nitrogens with zero attached hydrogens (tertiary/aromatic N) is 1. The minimum atomic E-state index is -3.72. The van der Waals surface area contributed by atoms with Gasteiger partial charge in [-0.05, 0) is 54.6 Å². The molecule has 1 amide bonds. The first-order valence-electron chi connectivity index (χ1n) is 10.1. The Labute approximate surface area is 197 Å². The van der Waals surface area contributed by atoms with Crippen molar-refractivity contribution >= 4 is 27.3 Å². The van der Waals surface area contributed by atoms with Gasteiger partial charge in [-0.3, -0.25) is 9.10 Å². The zero-order chi connectivity index (χ0) is 24.9. The summed E-state index contributed by atoms with van der Waals surface area (Å²) in [5, 5.41) is 2.78. The number of halogens is 1. The lowest BCUT2D eigenvalue weighted by Crippen LogP contribution is -2.29. The number of hydrogen-bond acceptors (Lipinski definition) is 6. The Morgan fingerprint density at radius 2 is 1.59 bits per heavy atom. The van der Waals surface area contributed by atoms with Crippen LogP contribution < -0.4 is 23.8 Å². The van der Waals surface area contributed by atoms with Crippen molar-refractivity contribution in [2.45, 2.75) is 6.54 Å². The quantitative estimate of drug-likeness (QED) is 0.488. The van der Waals surface area contributed by atoms with Crippen LogP contribution in [0.25, 0.3) is 0 Å². The Hall–Kier alpha value is -3.79. The van der Waals surface area contributed by atoms with Gasteiger partial charge in [-0.1, -0.05) is 0 Å². The van der Waals surface area contributed by atoms with Crippen molar-refractivity contribution in [3.63, 3.8) is 0 Å². The van der Waals surface area contributed by atoms with Gasteiger partial charge in [-0.15, -0.1) is 0 Å². The van der Waals surface area contributed by atoms with E-state index in [0.29, 0.717) is 28.5 Å². The third-order valence-electron chi connectivity index (χ3n) is 5.03. The number of amides is 1. The summed E-state index contributed by atoms with van der Waals surface area (Å²) < 4.78 is 55.3. The second kappa shape index (κ2) is 10.4. The molecule has 8 nitrogen and oxygen atoms in total. The van der Waals surface area contributed by atoms with E-state index in [2.05, 4.69) is 5.32 Å². The topological polar surface area (TPSA) is 94.2 Å². The van der Waals surface area contributed by atoms with E-state index in [1.54, 1.807) is 36.4 Å². The van der Waals surface area contributed by atoms with Gasteiger partial charge in [-0.2, -0.15) is 0 Å². The number of rotatable bonds is 9. The first kappa shape index (κ1) is 24.8. The second-order valence-electron chi connectivity index (χ2n) is 7.29. The smallest absolute Gasteiger partial charge is 0.255 e. The normalized spacial score (nSPS) is 11.0. The van der Waals surface area contributed by atoms with Crippen molar-refractivity contribution in [1.82, 2.24) is 0 Å². The van der Waals surface area contributed by atoms with E-state index in [1.807, 2.05) is 0 Å². The molecule has 10 heteroatoms. The Bertz CT molecular complexity index is 1280. The molecule has 0 saturated carbocycles. The van der Waals surface area contributed by atoms with Gasteiger partial charge in [0.25, 0.3) is 5.91 Å². The van der Waals surface area contributed by atoms with Gasteiger partial charge >= 0.3 is 0 Å². The second-order valence-corrected chi connectivity index (χ2v) is 9.20. The van der Waals surface area contributed by atoms with E-state index in [1.165, 1.54) is 45.6 Å². The van der Waals surface area contributed by atoms with Crippen LogP contribution in [0.3, 0.4) is 0 Å². The third-order valence-corrected chi connectivity index (χ3v) is 6.17. The van der Waals surface area contributed by atoms with Crippen LogP contribution in [0.2, 0.25) is 0 Å². The van der Waals surface area contributed by atoms with Gasteiger partial charge in [-0.25, -0.2) is 12.8 Å². The molecule has 3 aromatic carbocycles. The number of ether oxygens (including phenoxy) is 3. The van der Waals surface area contributed by atoms with Crippen LogP contribution in [0, 0.1) is 5.82 Å². The highest BCUT2D eigenvalue weighted by molar-refractivity contribution is 7.92. The lowest BCUT2D eigenvalue weighted by molar-refractivity contribution is 0.102. The summed E-state index contributed by atoms with van der Waals surface area (Å²) in [4.78, 5) is 13.0. The van der Waals surface area contributed by atoms with Crippen LogP contribution in [0.15, 0.2) is 60.7 Å². The molecule has 0 aliphatic heterocycles. The number of methoxy groups -OCH3 is 3. The monoisotopic (exact) mass is 488 g/mol. The largest absolute Gasteiger partial charge is 0.497 e. The van der Waals surface area contributed by atoms with Crippen LogP contribution in [0.4, 0.5) is 15.8 Å². The van der Waals surface area contributed by atoms with Gasteiger partial charge in [0.2, 0.25) is 10.0 Å². The molecule has 0 aliphatic rings. The lowest BCUT2D eigenvalue weighted by atomic mass is 10.1. The SMILES string of the molecule is COc1ccc(NC(=O)c2ccc(OC)c(CN(c3ccc(F)cc3)S(C)(=O)=O)c2)c(OC)c1. The summed E-state index contributed by atoms with van der Waals surface area (Å²) in [5.41, 5.74) is 1.45. The van der Waals surface area contributed by atoms with Gasteiger partial charge in [0.1, 0.15) is 23.1 Å². The minimum absolute atomic E-state index is 0.124. The fourth-order valence-electron chi connectivity index (χ4n) is 3.30. The molecule has 0 radical (unpaired) electrons. The predicted molar refractivity (Wildman–Crippen MR) is 128 cm³/mol. The van der Waals surface area contributed by atoms with Gasteiger partial charge < -0.3 is 19.5 Å². The molecule has 0 saturated heterocycles. The summed E-state index contributed by atoms with van der Waals surface area (Å²) in [7, 11) is 0.726. The molecule has 0 spiro atoms. The zero-order valence-electron chi connectivity index (χ0n) is 19.2. The minimum Gasteiger partial charge on any atom is -0.497 e. The maximum absolute atomic E-state index is 13.4. The highest BCUT2D eigenvalue weighted by Crippen LogP contribution is 2.30. The number of hydrogen-bond donors (Lipinski definition) is 1. The first-order valence-corrected chi connectivity index (χ1v) is 11.9. The van der Waals surface area contributed by atoms with Crippen LogP contribution >= 0.6 is 0 Å². The third kappa shape index (κ3) is 5.76. The summed E-state index contributed by atoms with van der Waals surface area (Å²) in [6.07, 6.45) is 1.05. The summed E-state index contributed by atoms with van der Waals surface area (Å²) in [5.74, 6) is 0.473. The van der Waals surface area contributed by atoms with Crippen LogP contribution in [-0.2, 0) is 16.6 Å². The van der Waals surface area contributed by atoms with Gasteiger partial charge in [0.15, 0.2) is 0 Å². The van der Waals surface area contributed by atoms with E-state index in [0.717, 1.165) is 10.6 Å². The standard InChI is InChI=1S/C24H25FN2O6S/c1-31-20-10-11-21(23(14-20)33-3)26-24(28)16-5-12-22(32-2)17(13-16)15-27(34(4,29)30)19-8-6-18(25)7-9-19/h5-14H,15H2,1-4H3,(H,26,28). The fraction of sp³-hybridized carbons (Fsp3) is 0.208. The molecular weight excluding hydrogens is 463 g/mol. The van der Waals surface area contributed by atoms with E-state index in [4.69, 9.17) is 14.2 Å². The Morgan fingerprint density at radius 1 is 0.912 bits per heavy atom. The lowest BCUT2D eigenvalue weighted by Gasteiger charge is -2.24. The van der Waals surface area contributed by atoms with Crippen molar-refractivity contribution in [2.24, 2.45) is 0 Å². The number of sulfonamides is 1. The average Bonchev–Trinajstić information content (AvgIpc) is 2.82. The number of carbonyl (C=O) groups is 1. The Kier molecular flexibility index (Phi) is 7.62. The Balaban J connectivity index is 1.93. The molecule has 3 aromatic rings. The maximum Gasteiger partial charge on any atom is 0.255 e. The molecule has 3 rings (SSSR count). The van der Waals surface area contributed by atoms with E-state index in [-0.39, 0.29) is 17.8 Å². The molecule has 180 valence electrons. The van der Waals surface area contributed by atoms with Crippen LogP contribution in [0.1, 0.15) is 15.9 Å².